The molecule has 1 saturated heterocycles. The fourth-order valence-corrected chi connectivity index (χ4v) is 7.48. The third-order valence-corrected chi connectivity index (χ3v) is 10.7. The van der Waals surface area contributed by atoms with Crippen molar-refractivity contribution in [1.82, 2.24) is 4.90 Å². The van der Waals surface area contributed by atoms with Crippen LogP contribution in [-0.4, -0.2) is 63.0 Å². The van der Waals surface area contributed by atoms with Gasteiger partial charge >= 0.3 is 0 Å². The van der Waals surface area contributed by atoms with Crippen LogP contribution >= 0.6 is 0 Å². The van der Waals surface area contributed by atoms with Gasteiger partial charge in [0.05, 0.1) is 27.4 Å². The highest BCUT2D eigenvalue weighted by atomic mass is 16.5. The van der Waals surface area contributed by atoms with E-state index in [1.807, 2.05) is 42.5 Å². The minimum Gasteiger partial charge on any atom is -0.497 e. The SMILES string of the molecule is COc1ccc(C(OCC2(CO)CCC3(CCN(C(=O)CCCCCN)CC3)CC2)(c2ccccc2)c2ccc(OC)cc2)cc1. The minimum atomic E-state index is -0.910. The zero-order chi connectivity index (χ0) is 32.5. The number of aliphatic hydroxyl groups is 1. The van der Waals surface area contributed by atoms with Crippen molar-refractivity contribution >= 4 is 5.91 Å². The number of carbonyl (C=O) groups excluding carboxylic acids is 1. The standard InChI is InChI=1S/C39H52N2O5/c1-44-34-16-12-32(13-17-34)39(31-9-5-3-6-10-31,33-14-18-35(45-2)19-15-33)46-30-38(29-42)22-20-37(21-23-38)24-27-41(28-25-37)36(43)11-7-4-8-26-40/h3,5-6,9-10,12-19,42H,4,7-8,11,20-30,40H2,1-2H3. The van der Waals surface area contributed by atoms with Crippen LogP contribution < -0.4 is 15.2 Å². The summed E-state index contributed by atoms with van der Waals surface area (Å²) in [4.78, 5) is 14.9. The van der Waals surface area contributed by atoms with E-state index in [-0.39, 0.29) is 23.3 Å². The zero-order valence-corrected chi connectivity index (χ0v) is 27.7. The van der Waals surface area contributed by atoms with E-state index in [0.717, 1.165) is 99.1 Å². The molecule has 1 spiro atoms. The van der Waals surface area contributed by atoms with Crippen LogP contribution in [0.25, 0.3) is 0 Å². The number of piperidine rings is 1. The number of likely N-dealkylation sites (tertiary alicyclic amines) is 1. The maximum atomic E-state index is 12.8. The topological polar surface area (TPSA) is 94.2 Å². The Bertz CT molecular complexity index is 1310. The molecule has 0 unspecified atom stereocenters. The van der Waals surface area contributed by atoms with Crippen LogP contribution in [0.3, 0.4) is 0 Å². The van der Waals surface area contributed by atoms with Gasteiger partial charge in [0.25, 0.3) is 0 Å². The van der Waals surface area contributed by atoms with Crippen LogP contribution in [0, 0.1) is 10.8 Å². The molecule has 1 amide bonds. The van der Waals surface area contributed by atoms with Gasteiger partial charge in [-0.25, -0.2) is 0 Å². The number of carbonyl (C=O) groups is 1. The molecular weight excluding hydrogens is 576 g/mol. The summed E-state index contributed by atoms with van der Waals surface area (Å²) in [5, 5.41) is 10.9. The van der Waals surface area contributed by atoms with Crippen molar-refractivity contribution in [2.24, 2.45) is 16.6 Å². The summed E-state index contributed by atoms with van der Waals surface area (Å²) in [6.45, 7) is 2.86. The fraction of sp³-hybridized carbons (Fsp3) is 0.513. The average Bonchev–Trinajstić information content (AvgIpc) is 3.12. The molecule has 5 rings (SSSR count). The molecule has 0 aromatic heterocycles. The number of benzene rings is 3. The van der Waals surface area contributed by atoms with E-state index in [9.17, 15) is 9.90 Å². The quantitative estimate of drug-likeness (QED) is 0.153. The highest BCUT2D eigenvalue weighted by Crippen LogP contribution is 2.52. The zero-order valence-electron chi connectivity index (χ0n) is 27.7. The first kappa shape index (κ1) is 34.0. The Morgan fingerprint density at radius 1 is 0.761 bits per heavy atom. The largest absolute Gasteiger partial charge is 0.497 e. The van der Waals surface area contributed by atoms with E-state index in [2.05, 4.69) is 41.3 Å². The molecule has 46 heavy (non-hydrogen) atoms. The predicted octanol–water partition coefficient (Wildman–Crippen LogP) is 6.69. The molecule has 248 valence electrons. The van der Waals surface area contributed by atoms with Crippen LogP contribution in [0.2, 0.25) is 0 Å². The van der Waals surface area contributed by atoms with Gasteiger partial charge in [-0.05, 0) is 104 Å². The van der Waals surface area contributed by atoms with Crippen LogP contribution in [0.1, 0.15) is 80.9 Å². The van der Waals surface area contributed by atoms with Gasteiger partial charge < -0.3 is 30.0 Å². The van der Waals surface area contributed by atoms with Crippen molar-refractivity contribution < 1.29 is 24.1 Å². The number of hydrogen-bond acceptors (Lipinski definition) is 6. The van der Waals surface area contributed by atoms with Crippen LogP contribution in [-0.2, 0) is 15.1 Å². The van der Waals surface area contributed by atoms with E-state index in [0.29, 0.717) is 19.6 Å². The molecule has 1 aliphatic heterocycles. The Labute approximate surface area is 275 Å². The van der Waals surface area contributed by atoms with Crippen molar-refractivity contribution in [2.75, 3.05) is 47.1 Å². The number of methoxy groups -OCH3 is 2. The normalized spacial score (nSPS) is 17.5. The molecule has 0 atom stereocenters. The van der Waals surface area contributed by atoms with E-state index in [1.165, 1.54) is 0 Å². The number of amides is 1. The Kier molecular flexibility index (Phi) is 11.4. The van der Waals surface area contributed by atoms with Crippen LogP contribution in [0.5, 0.6) is 11.5 Å². The van der Waals surface area contributed by atoms with Gasteiger partial charge in [-0.1, -0.05) is 61.0 Å². The second kappa shape index (κ2) is 15.5. The van der Waals surface area contributed by atoms with Crippen molar-refractivity contribution in [3.05, 3.63) is 95.6 Å². The van der Waals surface area contributed by atoms with Gasteiger partial charge in [-0.15, -0.1) is 0 Å². The molecular formula is C39H52N2O5. The van der Waals surface area contributed by atoms with Crippen molar-refractivity contribution in [3.8, 4) is 11.5 Å². The van der Waals surface area contributed by atoms with Crippen molar-refractivity contribution in [3.63, 3.8) is 0 Å². The number of aliphatic hydroxyl groups excluding tert-OH is 1. The van der Waals surface area contributed by atoms with Crippen LogP contribution in [0.15, 0.2) is 78.9 Å². The lowest BCUT2D eigenvalue weighted by atomic mass is 9.60. The van der Waals surface area contributed by atoms with E-state index < -0.39 is 5.60 Å². The molecule has 7 nitrogen and oxygen atoms in total. The Hall–Kier alpha value is -3.39. The Morgan fingerprint density at radius 3 is 1.80 bits per heavy atom. The number of unbranched alkanes of at least 4 members (excludes halogenated alkanes) is 2. The number of nitrogens with two attached hydrogens (primary N) is 1. The summed E-state index contributed by atoms with van der Waals surface area (Å²) in [6, 6.07) is 26.5. The lowest BCUT2D eigenvalue weighted by Crippen LogP contribution is -2.48. The second-order valence-electron chi connectivity index (χ2n) is 13.4. The van der Waals surface area contributed by atoms with E-state index in [4.69, 9.17) is 19.9 Å². The molecule has 3 aromatic carbocycles. The first-order valence-corrected chi connectivity index (χ1v) is 17.0. The smallest absolute Gasteiger partial charge is 0.222 e. The lowest BCUT2D eigenvalue weighted by molar-refractivity contribution is -0.135. The summed E-state index contributed by atoms with van der Waals surface area (Å²) < 4.78 is 18.2. The number of rotatable bonds is 14. The number of nitrogens with zero attached hydrogens (tertiary/aromatic N) is 1. The monoisotopic (exact) mass is 628 g/mol. The third-order valence-electron chi connectivity index (χ3n) is 10.7. The summed E-state index contributed by atoms with van der Waals surface area (Å²) in [5.41, 5.74) is 7.59. The highest BCUT2D eigenvalue weighted by Gasteiger charge is 2.47. The van der Waals surface area contributed by atoms with E-state index >= 15 is 0 Å². The van der Waals surface area contributed by atoms with Gasteiger partial charge in [0.1, 0.15) is 17.1 Å². The molecule has 0 bridgehead atoms. The first-order chi connectivity index (χ1) is 22.4. The van der Waals surface area contributed by atoms with E-state index in [1.54, 1.807) is 14.2 Å². The number of hydrogen-bond donors (Lipinski definition) is 2. The molecule has 2 aliphatic rings. The summed E-state index contributed by atoms with van der Waals surface area (Å²) in [6.07, 6.45) is 9.51. The highest BCUT2D eigenvalue weighted by molar-refractivity contribution is 5.76. The molecule has 3 N–H and O–H groups in total. The third kappa shape index (κ3) is 7.43. The molecule has 0 radical (unpaired) electrons. The molecule has 1 aliphatic carbocycles. The first-order valence-electron chi connectivity index (χ1n) is 17.0. The fourth-order valence-electron chi connectivity index (χ4n) is 7.48. The molecule has 2 fully saturated rings. The summed E-state index contributed by atoms with van der Waals surface area (Å²) >= 11 is 0. The van der Waals surface area contributed by atoms with Gasteiger partial charge in [0, 0.05) is 24.9 Å². The van der Waals surface area contributed by atoms with Gasteiger partial charge in [0.2, 0.25) is 5.91 Å². The number of ether oxygens (including phenoxy) is 3. The van der Waals surface area contributed by atoms with Crippen molar-refractivity contribution in [1.29, 1.82) is 0 Å². The maximum absolute atomic E-state index is 12.8. The predicted molar refractivity (Wildman–Crippen MR) is 182 cm³/mol. The molecule has 7 heteroatoms. The van der Waals surface area contributed by atoms with Crippen molar-refractivity contribution in [2.45, 2.75) is 69.8 Å². The second-order valence-corrected chi connectivity index (χ2v) is 13.4. The summed E-state index contributed by atoms with van der Waals surface area (Å²) in [5.74, 6) is 1.85. The van der Waals surface area contributed by atoms with Gasteiger partial charge in [0.15, 0.2) is 0 Å². The minimum absolute atomic E-state index is 0.0760. The summed E-state index contributed by atoms with van der Waals surface area (Å²) in [7, 11) is 3.35. The molecule has 1 heterocycles. The Morgan fingerprint density at radius 2 is 1.30 bits per heavy atom. The average molecular weight is 629 g/mol. The van der Waals surface area contributed by atoms with Gasteiger partial charge in [-0.3, -0.25) is 4.79 Å². The van der Waals surface area contributed by atoms with Crippen LogP contribution in [0.4, 0.5) is 0 Å². The van der Waals surface area contributed by atoms with Gasteiger partial charge in [-0.2, -0.15) is 0 Å². The molecule has 3 aromatic rings. The molecule has 1 saturated carbocycles. The lowest BCUT2D eigenvalue weighted by Gasteiger charge is -2.50. The Balaban J connectivity index is 1.35. The maximum Gasteiger partial charge on any atom is 0.222 e.